The second kappa shape index (κ2) is 4.81. The average Bonchev–Trinajstić information content (AvgIpc) is 2.27. The van der Waals surface area contributed by atoms with E-state index in [2.05, 4.69) is 32.9 Å². The Balaban J connectivity index is 3.16. The van der Waals surface area contributed by atoms with Crippen molar-refractivity contribution in [1.29, 1.82) is 5.26 Å². The van der Waals surface area contributed by atoms with Crippen molar-refractivity contribution >= 4 is 0 Å². The molecule has 0 aromatic heterocycles. The maximum atomic E-state index is 8.83. The van der Waals surface area contributed by atoms with Crippen molar-refractivity contribution < 1.29 is 0 Å². The zero-order valence-corrected chi connectivity index (χ0v) is 9.17. The van der Waals surface area contributed by atoms with Crippen LogP contribution in [0.5, 0.6) is 0 Å². The van der Waals surface area contributed by atoms with Gasteiger partial charge in [-0.1, -0.05) is 26.8 Å². The first-order valence-electron chi connectivity index (χ1n) is 5.25. The van der Waals surface area contributed by atoms with Crippen LogP contribution in [0.25, 0.3) is 0 Å². The molecule has 1 atom stereocenters. The third-order valence-electron chi connectivity index (χ3n) is 2.80. The summed E-state index contributed by atoms with van der Waals surface area (Å²) >= 11 is 0. The van der Waals surface area contributed by atoms with Crippen molar-refractivity contribution in [2.75, 3.05) is 0 Å². The topological polar surface area (TPSA) is 23.8 Å². The maximum absolute atomic E-state index is 8.83. The zero-order chi connectivity index (χ0) is 10.6. The van der Waals surface area contributed by atoms with Crippen LogP contribution in [0.15, 0.2) is 18.2 Å². The molecule has 74 valence electrons. The summed E-state index contributed by atoms with van der Waals surface area (Å²) in [5.74, 6) is 0.554. The van der Waals surface area contributed by atoms with Crippen molar-refractivity contribution in [3.63, 3.8) is 0 Å². The number of nitrogens with zero attached hydrogens (tertiary/aromatic N) is 1. The van der Waals surface area contributed by atoms with Crippen LogP contribution < -0.4 is 0 Å². The van der Waals surface area contributed by atoms with Gasteiger partial charge in [-0.25, -0.2) is 0 Å². The molecule has 0 saturated carbocycles. The molecule has 0 aliphatic rings. The van der Waals surface area contributed by atoms with E-state index in [1.54, 1.807) is 0 Å². The molecule has 0 aliphatic heterocycles. The van der Waals surface area contributed by atoms with Gasteiger partial charge in [0.25, 0.3) is 0 Å². The van der Waals surface area contributed by atoms with E-state index < -0.39 is 0 Å². The molecule has 0 N–H and O–H groups in total. The molecule has 0 bridgehead atoms. The third-order valence-corrected chi connectivity index (χ3v) is 2.80. The molecule has 0 heterocycles. The van der Waals surface area contributed by atoms with Crippen molar-refractivity contribution in [3.8, 4) is 6.07 Å². The van der Waals surface area contributed by atoms with Crippen LogP contribution in [0.3, 0.4) is 0 Å². The summed E-state index contributed by atoms with van der Waals surface area (Å²) < 4.78 is 0. The summed E-state index contributed by atoms with van der Waals surface area (Å²) in [7, 11) is 0. The van der Waals surface area contributed by atoms with Crippen LogP contribution in [0.2, 0.25) is 0 Å². The van der Waals surface area contributed by atoms with Crippen LogP contribution in [0.4, 0.5) is 0 Å². The van der Waals surface area contributed by atoms with Gasteiger partial charge in [-0.3, -0.25) is 0 Å². The van der Waals surface area contributed by atoms with Gasteiger partial charge in [0.05, 0.1) is 11.6 Å². The van der Waals surface area contributed by atoms with Gasteiger partial charge in [0, 0.05) is 0 Å². The first-order chi connectivity index (χ1) is 6.72. The number of hydrogen-bond acceptors (Lipinski definition) is 1. The quantitative estimate of drug-likeness (QED) is 0.708. The smallest absolute Gasteiger partial charge is 0.0991 e. The van der Waals surface area contributed by atoms with Crippen LogP contribution in [-0.4, -0.2) is 0 Å². The largest absolute Gasteiger partial charge is 0.192 e. The standard InChI is InChI=1S/C13H17N/c1-4-10(3)13-8-11(9-14)6-7-12(13)5-2/h6-8,10H,4-5H2,1-3H3. The molecular weight excluding hydrogens is 170 g/mol. The molecule has 1 rings (SSSR count). The normalized spacial score (nSPS) is 12.1. The van der Waals surface area contributed by atoms with Gasteiger partial charge < -0.3 is 0 Å². The summed E-state index contributed by atoms with van der Waals surface area (Å²) in [6.45, 7) is 6.56. The van der Waals surface area contributed by atoms with Gasteiger partial charge >= 0.3 is 0 Å². The van der Waals surface area contributed by atoms with E-state index in [1.807, 2.05) is 12.1 Å². The molecule has 0 aliphatic carbocycles. The van der Waals surface area contributed by atoms with Gasteiger partial charge in [-0.15, -0.1) is 0 Å². The highest BCUT2D eigenvalue weighted by molar-refractivity contribution is 5.39. The van der Waals surface area contributed by atoms with Crippen LogP contribution in [0, 0.1) is 11.3 Å². The predicted molar refractivity (Wildman–Crippen MR) is 59.2 cm³/mol. The van der Waals surface area contributed by atoms with Crippen LogP contribution >= 0.6 is 0 Å². The highest BCUT2D eigenvalue weighted by atomic mass is 14.2. The molecule has 1 aromatic rings. The van der Waals surface area contributed by atoms with E-state index in [0.29, 0.717) is 5.92 Å². The van der Waals surface area contributed by atoms with Crippen LogP contribution in [0.1, 0.15) is 49.8 Å². The van der Waals surface area contributed by atoms with Gasteiger partial charge in [0.1, 0.15) is 0 Å². The molecule has 1 aromatic carbocycles. The monoisotopic (exact) mass is 187 g/mol. The molecule has 0 amide bonds. The lowest BCUT2D eigenvalue weighted by molar-refractivity contribution is 0.723. The molecule has 14 heavy (non-hydrogen) atoms. The maximum Gasteiger partial charge on any atom is 0.0991 e. The fraction of sp³-hybridized carbons (Fsp3) is 0.462. The second-order valence-electron chi connectivity index (χ2n) is 3.69. The zero-order valence-electron chi connectivity index (χ0n) is 9.17. The lowest BCUT2D eigenvalue weighted by Gasteiger charge is -2.14. The van der Waals surface area contributed by atoms with E-state index in [9.17, 15) is 0 Å². The fourth-order valence-electron chi connectivity index (χ4n) is 1.67. The lowest BCUT2D eigenvalue weighted by Crippen LogP contribution is -1.98. The Morgan fingerprint density at radius 3 is 2.57 bits per heavy atom. The van der Waals surface area contributed by atoms with Crippen molar-refractivity contribution in [2.45, 2.75) is 39.5 Å². The third kappa shape index (κ3) is 2.14. The summed E-state index contributed by atoms with van der Waals surface area (Å²) in [5, 5.41) is 8.83. The number of benzene rings is 1. The summed E-state index contributed by atoms with van der Waals surface area (Å²) in [4.78, 5) is 0. The predicted octanol–water partition coefficient (Wildman–Crippen LogP) is 3.63. The van der Waals surface area contributed by atoms with E-state index in [0.717, 1.165) is 18.4 Å². The Morgan fingerprint density at radius 1 is 1.36 bits per heavy atom. The minimum atomic E-state index is 0.554. The van der Waals surface area contributed by atoms with Gasteiger partial charge in [0.2, 0.25) is 0 Å². The Bertz CT molecular complexity index is 347. The Morgan fingerprint density at radius 2 is 2.07 bits per heavy atom. The minimum Gasteiger partial charge on any atom is -0.192 e. The summed E-state index contributed by atoms with van der Waals surface area (Å²) in [5.41, 5.74) is 3.49. The number of aryl methyl sites for hydroxylation is 1. The highest BCUT2D eigenvalue weighted by Gasteiger charge is 2.08. The molecule has 0 radical (unpaired) electrons. The molecule has 0 spiro atoms. The van der Waals surface area contributed by atoms with E-state index in [-0.39, 0.29) is 0 Å². The van der Waals surface area contributed by atoms with Gasteiger partial charge in [-0.05, 0) is 42.0 Å². The summed E-state index contributed by atoms with van der Waals surface area (Å²) in [6.07, 6.45) is 2.17. The number of rotatable bonds is 3. The fourth-order valence-corrected chi connectivity index (χ4v) is 1.67. The average molecular weight is 187 g/mol. The van der Waals surface area contributed by atoms with E-state index in [4.69, 9.17) is 5.26 Å². The van der Waals surface area contributed by atoms with Gasteiger partial charge in [0.15, 0.2) is 0 Å². The van der Waals surface area contributed by atoms with E-state index >= 15 is 0 Å². The highest BCUT2D eigenvalue weighted by Crippen LogP contribution is 2.24. The molecular formula is C13H17N. The molecule has 1 unspecified atom stereocenters. The van der Waals surface area contributed by atoms with E-state index in [1.165, 1.54) is 11.1 Å². The van der Waals surface area contributed by atoms with Crippen molar-refractivity contribution in [1.82, 2.24) is 0 Å². The Hall–Kier alpha value is -1.29. The second-order valence-corrected chi connectivity index (χ2v) is 3.69. The van der Waals surface area contributed by atoms with Crippen LogP contribution in [-0.2, 0) is 6.42 Å². The van der Waals surface area contributed by atoms with Gasteiger partial charge in [-0.2, -0.15) is 5.26 Å². The molecule has 1 nitrogen and oxygen atoms in total. The number of nitriles is 1. The lowest BCUT2D eigenvalue weighted by atomic mass is 9.91. The SMILES string of the molecule is CCc1ccc(C#N)cc1C(C)CC. The molecule has 1 heteroatoms. The Labute approximate surface area is 86.4 Å². The van der Waals surface area contributed by atoms with Crippen molar-refractivity contribution in [3.05, 3.63) is 34.9 Å². The number of hydrogen-bond donors (Lipinski definition) is 0. The first-order valence-corrected chi connectivity index (χ1v) is 5.25. The first kappa shape index (κ1) is 10.8. The molecule has 0 saturated heterocycles. The minimum absolute atomic E-state index is 0.554. The summed E-state index contributed by atoms with van der Waals surface area (Å²) in [6, 6.07) is 8.22. The Kier molecular flexibility index (Phi) is 3.71. The molecule has 0 fully saturated rings. The van der Waals surface area contributed by atoms with Crippen molar-refractivity contribution in [2.24, 2.45) is 0 Å².